The van der Waals surface area contributed by atoms with Gasteiger partial charge in [0, 0.05) is 38.4 Å². The minimum Gasteiger partial charge on any atom is -0.489 e. The van der Waals surface area contributed by atoms with E-state index in [9.17, 15) is 9.50 Å². The highest BCUT2D eigenvalue weighted by molar-refractivity contribution is 5.23. The van der Waals surface area contributed by atoms with E-state index in [2.05, 4.69) is 14.8 Å². The minimum absolute atomic E-state index is 0.102. The van der Waals surface area contributed by atoms with Crippen LogP contribution in [0.1, 0.15) is 23.8 Å². The third kappa shape index (κ3) is 5.24. The lowest BCUT2D eigenvalue weighted by molar-refractivity contribution is 0.117. The van der Waals surface area contributed by atoms with E-state index in [0.29, 0.717) is 6.54 Å². The molecule has 1 aromatic carbocycles. The van der Waals surface area contributed by atoms with Gasteiger partial charge in [0.05, 0.1) is 11.8 Å². The molecule has 1 fully saturated rings. The zero-order valence-corrected chi connectivity index (χ0v) is 15.3. The summed E-state index contributed by atoms with van der Waals surface area (Å²) < 4.78 is 19.1. The number of hydrogen-bond donors (Lipinski definition) is 1. The molecule has 1 aliphatic heterocycles. The molecule has 1 aromatic heterocycles. The Morgan fingerprint density at radius 3 is 2.81 bits per heavy atom. The quantitative estimate of drug-likeness (QED) is 0.823. The molecule has 0 aliphatic carbocycles. The van der Waals surface area contributed by atoms with Gasteiger partial charge in [-0.1, -0.05) is 12.1 Å². The summed E-state index contributed by atoms with van der Waals surface area (Å²) in [6, 6.07) is 9.89. The van der Waals surface area contributed by atoms with Crippen molar-refractivity contribution in [1.29, 1.82) is 0 Å². The Balaban J connectivity index is 1.51. The van der Waals surface area contributed by atoms with Crippen molar-refractivity contribution in [2.75, 3.05) is 33.7 Å². The smallest absolute Gasteiger partial charge is 0.123 e. The molecule has 0 spiro atoms. The van der Waals surface area contributed by atoms with Crippen LogP contribution >= 0.6 is 0 Å². The van der Waals surface area contributed by atoms with Crippen molar-refractivity contribution in [3.63, 3.8) is 0 Å². The lowest BCUT2D eigenvalue weighted by Crippen LogP contribution is -2.29. The van der Waals surface area contributed by atoms with Crippen molar-refractivity contribution in [3.8, 4) is 5.75 Å². The summed E-state index contributed by atoms with van der Waals surface area (Å²) >= 11 is 0. The Kier molecular flexibility index (Phi) is 6.19. The van der Waals surface area contributed by atoms with Crippen molar-refractivity contribution in [1.82, 2.24) is 14.8 Å². The lowest BCUT2D eigenvalue weighted by Gasteiger charge is -2.20. The summed E-state index contributed by atoms with van der Waals surface area (Å²) in [5.41, 5.74) is 1.72. The van der Waals surface area contributed by atoms with Gasteiger partial charge in [-0.2, -0.15) is 0 Å². The molecule has 2 atom stereocenters. The van der Waals surface area contributed by atoms with E-state index < -0.39 is 6.10 Å². The maximum atomic E-state index is 13.0. The number of hydrogen-bond acceptors (Lipinski definition) is 5. The third-order valence-electron chi connectivity index (χ3n) is 4.48. The number of pyridine rings is 1. The highest BCUT2D eigenvalue weighted by Gasteiger charge is 2.26. The SMILES string of the molecule is CN(C)Cc1cc(OC2CCN(CC(O)c3ccc(F)cc3)C2)ccn1. The summed E-state index contributed by atoms with van der Waals surface area (Å²) in [5, 5.41) is 10.4. The molecule has 5 nitrogen and oxygen atoms in total. The minimum atomic E-state index is -0.623. The first kappa shape index (κ1) is 18.8. The Bertz CT molecular complexity index is 708. The van der Waals surface area contributed by atoms with Gasteiger partial charge < -0.3 is 14.7 Å². The normalized spacial score (nSPS) is 19.0. The second kappa shape index (κ2) is 8.58. The molecule has 0 bridgehead atoms. The van der Waals surface area contributed by atoms with Crippen LogP contribution in [0.3, 0.4) is 0 Å². The van der Waals surface area contributed by atoms with Crippen molar-refractivity contribution in [3.05, 3.63) is 59.7 Å². The molecule has 3 rings (SSSR count). The van der Waals surface area contributed by atoms with E-state index in [-0.39, 0.29) is 11.9 Å². The highest BCUT2D eigenvalue weighted by atomic mass is 19.1. The van der Waals surface area contributed by atoms with Crippen LogP contribution in [0.15, 0.2) is 42.6 Å². The summed E-state index contributed by atoms with van der Waals surface area (Å²) in [6.45, 7) is 2.94. The van der Waals surface area contributed by atoms with Crippen LogP contribution in [-0.4, -0.2) is 59.7 Å². The number of likely N-dealkylation sites (tertiary alicyclic amines) is 1. The van der Waals surface area contributed by atoms with Crippen LogP contribution in [0.5, 0.6) is 5.75 Å². The van der Waals surface area contributed by atoms with Crippen molar-refractivity contribution >= 4 is 0 Å². The number of halogens is 1. The predicted molar refractivity (Wildman–Crippen MR) is 98.5 cm³/mol. The molecule has 0 saturated carbocycles. The van der Waals surface area contributed by atoms with E-state index in [4.69, 9.17) is 4.74 Å². The molecule has 1 N–H and O–H groups in total. The molecule has 2 heterocycles. The predicted octanol–water partition coefficient (Wildman–Crippen LogP) is 2.47. The molecule has 1 saturated heterocycles. The second-order valence-electron chi connectivity index (χ2n) is 7.08. The van der Waals surface area contributed by atoms with E-state index in [1.54, 1.807) is 18.3 Å². The molecule has 2 unspecified atom stereocenters. The maximum absolute atomic E-state index is 13.0. The van der Waals surface area contributed by atoms with Crippen LogP contribution in [-0.2, 0) is 6.54 Å². The van der Waals surface area contributed by atoms with Crippen LogP contribution < -0.4 is 4.74 Å². The van der Waals surface area contributed by atoms with Gasteiger partial charge in [-0.05, 0) is 44.3 Å². The molecule has 26 heavy (non-hydrogen) atoms. The number of β-amino-alcohol motifs (C(OH)–C–C–N with tert-alkyl or cyclic N) is 1. The van der Waals surface area contributed by atoms with Gasteiger partial charge in [-0.15, -0.1) is 0 Å². The fourth-order valence-corrected chi connectivity index (χ4v) is 3.23. The molecular formula is C20H26FN3O2. The monoisotopic (exact) mass is 359 g/mol. The Morgan fingerprint density at radius 2 is 2.08 bits per heavy atom. The number of ether oxygens (including phenoxy) is 1. The summed E-state index contributed by atoms with van der Waals surface area (Å²) in [7, 11) is 4.02. The van der Waals surface area contributed by atoms with Gasteiger partial charge in [0.25, 0.3) is 0 Å². The highest BCUT2D eigenvalue weighted by Crippen LogP contribution is 2.22. The summed E-state index contributed by atoms with van der Waals surface area (Å²) in [5.74, 6) is 0.546. The molecule has 6 heteroatoms. The van der Waals surface area contributed by atoms with Gasteiger partial charge >= 0.3 is 0 Å². The topological polar surface area (TPSA) is 48.8 Å². The van der Waals surface area contributed by atoms with Crippen LogP contribution in [0.2, 0.25) is 0 Å². The van der Waals surface area contributed by atoms with Crippen molar-refractivity contribution in [2.24, 2.45) is 0 Å². The summed E-state index contributed by atoms with van der Waals surface area (Å²) in [4.78, 5) is 8.61. The largest absolute Gasteiger partial charge is 0.489 e. The molecule has 140 valence electrons. The number of aromatic nitrogens is 1. The van der Waals surface area contributed by atoms with Gasteiger partial charge in [0.1, 0.15) is 17.7 Å². The molecule has 2 aromatic rings. The van der Waals surface area contributed by atoms with E-state index in [1.165, 1.54) is 12.1 Å². The van der Waals surface area contributed by atoms with Gasteiger partial charge in [0.15, 0.2) is 0 Å². The number of nitrogens with zero attached hydrogens (tertiary/aromatic N) is 3. The first-order chi connectivity index (χ1) is 12.5. The number of benzene rings is 1. The van der Waals surface area contributed by atoms with Crippen LogP contribution in [0.25, 0.3) is 0 Å². The van der Waals surface area contributed by atoms with Gasteiger partial charge in [-0.3, -0.25) is 9.88 Å². The fraction of sp³-hybridized carbons (Fsp3) is 0.450. The molecular weight excluding hydrogens is 333 g/mol. The zero-order chi connectivity index (χ0) is 18.5. The number of aliphatic hydroxyl groups excluding tert-OH is 1. The first-order valence-electron chi connectivity index (χ1n) is 8.92. The zero-order valence-electron chi connectivity index (χ0n) is 15.3. The van der Waals surface area contributed by atoms with E-state index in [1.807, 2.05) is 26.2 Å². The number of rotatable bonds is 7. The van der Waals surface area contributed by atoms with Crippen molar-refractivity contribution in [2.45, 2.75) is 25.2 Å². The second-order valence-corrected chi connectivity index (χ2v) is 7.08. The first-order valence-corrected chi connectivity index (χ1v) is 8.92. The van der Waals surface area contributed by atoms with Gasteiger partial charge in [-0.25, -0.2) is 4.39 Å². The van der Waals surface area contributed by atoms with E-state index >= 15 is 0 Å². The molecule has 0 amide bonds. The maximum Gasteiger partial charge on any atom is 0.123 e. The Morgan fingerprint density at radius 1 is 1.31 bits per heavy atom. The molecule has 1 aliphatic rings. The average Bonchev–Trinajstić information content (AvgIpc) is 3.02. The van der Waals surface area contributed by atoms with Crippen LogP contribution in [0.4, 0.5) is 4.39 Å². The van der Waals surface area contributed by atoms with Gasteiger partial charge in [0.2, 0.25) is 0 Å². The van der Waals surface area contributed by atoms with E-state index in [0.717, 1.165) is 43.1 Å². The number of aliphatic hydroxyl groups is 1. The molecule has 0 radical (unpaired) electrons. The van der Waals surface area contributed by atoms with Crippen molar-refractivity contribution < 1.29 is 14.2 Å². The fourth-order valence-electron chi connectivity index (χ4n) is 3.23. The third-order valence-corrected chi connectivity index (χ3v) is 4.48. The Hall–Kier alpha value is -2.02. The average molecular weight is 359 g/mol. The lowest BCUT2D eigenvalue weighted by atomic mass is 10.1. The van der Waals surface area contributed by atoms with Crippen LogP contribution in [0, 0.1) is 5.82 Å². The standard InChI is InChI=1S/C20H26FN3O2/c1-23(2)12-17-11-18(7-9-22-17)26-19-8-10-24(13-19)14-20(25)15-3-5-16(21)6-4-15/h3-7,9,11,19-20,25H,8,10,12-14H2,1-2H3. The summed E-state index contributed by atoms with van der Waals surface area (Å²) in [6.07, 6.45) is 2.17. The Labute approximate surface area is 154 Å².